The van der Waals surface area contributed by atoms with Gasteiger partial charge in [-0.05, 0) is 55.0 Å². The fraction of sp³-hybridized carbons (Fsp3) is 0.222. The first-order valence-corrected chi connectivity index (χ1v) is 10.9. The molecule has 5 nitrogen and oxygen atoms in total. The molecular weight excluding hydrogens is 400 g/mol. The lowest BCUT2D eigenvalue weighted by molar-refractivity contribution is -0.384. The Bertz CT molecular complexity index is 1140. The third-order valence-electron chi connectivity index (χ3n) is 5.93. The van der Waals surface area contributed by atoms with E-state index in [4.69, 9.17) is 0 Å². The van der Waals surface area contributed by atoms with Gasteiger partial charge < -0.3 is 4.90 Å². The molecule has 0 N–H and O–H groups in total. The first-order valence-electron chi connectivity index (χ1n) is 10.9. The Labute approximate surface area is 188 Å². The highest BCUT2D eigenvalue weighted by Crippen LogP contribution is 2.35. The van der Waals surface area contributed by atoms with Crippen molar-refractivity contribution >= 4 is 17.7 Å². The van der Waals surface area contributed by atoms with Crippen molar-refractivity contribution in [3.63, 3.8) is 0 Å². The number of carbonyl (C=O) groups is 1. The Kier molecular flexibility index (Phi) is 6.45. The van der Waals surface area contributed by atoms with E-state index in [0.29, 0.717) is 12.1 Å². The molecule has 0 radical (unpaired) electrons. The molecular formula is C27H26N2O3. The Balaban J connectivity index is 1.69. The first-order chi connectivity index (χ1) is 15.5. The Morgan fingerprint density at radius 3 is 2.44 bits per heavy atom. The van der Waals surface area contributed by atoms with Crippen LogP contribution >= 0.6 is 0 Å². The van der Waals surface area contributed by atoms with Crippen molar-refractivity contribution < 1.29 is 9.72 Å². The summed E-state index contributed by atoms with van der Waals surface area (Å²) in [5.74, 6) is -0.109. The largest absolute Gasteiger partial charge is 0.328 e. The van der Waals surface area contributed by atoms with Crippen LogP contribution in [-0.2, 0) is 6.42 Å². The highest BCUT2D eigenvalue weighted by Gasteiger charge is 2.30. The number of carbonyl (C=O) groups excluding carboxylic acids is 1. The van der Waals surface area contributed by atoms with Crippen molar-refractivity contribution in [3.8, 4) is 0 Å². The maximum Gasteiger partial charge on any atom is 0.269 e. The van der Waals surface area contributed by atoms with E-state index in [1.165, 1.54) is 23.3 Å². The zero-order valence-electron chi connectivity index (χ0n) is 18.1. The number of nitrogens with zero attached hydrogens (tertiary/aromatic N) is 2. The van der Waals surface area contributed by atoms with Crippen LogP contribution in [0.1, 0.15) is 52.9 Å². The van der Waals surface area contributed by atoms with Crippen LogP contribution < -0.4 is 0 Å². The van der Waals surface area contributed by atoms with Crippen LogP contribution in [0.3, 0.4) is 0 Å². The van der Waals surface area contributed by atoms with Gasteiger partial charge in [0.05, 0.1) is 11.0 Å². The standard InChI is InChI=1S/C27H26N2O3/c1-20(18-21-8-3-2-4-9-21)19-28(26-13-7-11-22-10-5-6-12-25(22)26)27(30)23-14-16-24(17-15-23)29(31)32/h2-6,8-10,12,14-18,26H,7,11,13,19H2,1H3/b20-18-. The SMILES string of the molecule is C/C(=C/c1ccccc1)CN(C(=O)c1ccc([N+](=O)[O-])cc1)C1CCCc2ccccc21. The van der Waals surface area contributed by atoms with Crippen LogP contribution in [0.25, 0.3) is 6.08 Å². The number of hydrogen-bond donors (Lipinski definition) is 0. The van der Waals surface area contributed by atoms with Gasteiger partial charge >= 0.3 is 0 Å². The van der Waals surface area contributed by atoms with E-state index in [0.717, 1.165) is 30.4 Å². The molecule has 0 spiro atoms. The van der Waals surface area contributed by atoms with E-state index in [9.17, 15) is 14.9 Å². The van der Waals surface area contributed by atoms with E-state index in [1.54, 1.807) is 12.1 Å². The highest BCUT2D eigenvalue weighted by molar-refractivity contribution is 5.95. The summed E-state index contributed by atoms with van der Waals surface area (Å²) in [7, 11) is 0. The molecule has 0 bridgehead atoms. The lowest BCUT2D eigenvalue weighted by Gasteiger charge is -2.36. The molecule has 3 aromatic carbocycles. The van der Waals surface area contributed by atoms with Crippen molar-refractivity contribution in [2.75, 3.05) is 6.54 Å². The van der Waals surface area contributed by atoms with E-state index in [1.807, 2.05) is 54.3 Å². The van der Waals surface area contributed by atoms with Gasteiger partial charge in [-0.1, -0.05) is 66.2 Å². The summed E-state index contributed by atoms with van der Waals surface area (Å²) in [6.07, 6.45) is 5.04. The molecule has 0 saturated heterocycles. The lowest BCUT2D eigenvalue weighted by atomic mass is 9.86. The van der Waals surface area contributed by atoms with Crippen LogP contribution in [-0.4, -0.2) is 22.3 Å². The second kappa shape index (κ2) is 9.60. The van der Waals surface area contributed by atoms with Crippen molar-refractivity contribution in [1.29, 1.82) is 0 Å². The first kappa shape index (κ1) is 21.5. The summed E-state index contributed by atoms with van der Waals surface area (Å²) >= 11 is 0. The maximum absolute atomic E-state index is 13.7. The molecule has 0 aromatic heterocycles. The summed E-state index contributed by atoms with van der Waals surface area (Å²) in [4.78, 5) is 26.2. The third-order valence-corrected chi connectivity index (χ3v) is 5.93. The molecule has 3 aromatic rings. The molecule has 1 aliphatic rings. The lowest BCUT2D eigenvalue weighted by Crippen LogP contribution is -2.37. The number of amides is 1. The van der Waals surface area contributed by atoms with E-state index in [-0.39, 0.29) is 17.6 Å². The average Bonchev–Trinajstić information content (AvgIpc) is 2.82. The Morgan fingerprint density at radius 1 is 1.03 bits per heavy atom. The average molecular weight is 427 g/mol. The summed E-state index contributed by atoms with van der Waals surface area (Å²) < 4.78 is 0. The van der Waals surface area contributed by atoms with Gasteiger partial charge in [0.25, 0.3) is 11.6 Å². The van der Waals surface area contributed by atoms with Crippen LogP contribution in [0.5, 0.6) is 0 Å². The van der Waals surface area contributed by atoms with Gasteiger partial charge in [0.1, 0.15) is 0 Å². The molecule has 1 aliphatic carbocycles. The minimum atomic E-state index is -0.448. The summed E-state index contributed by atoms with van der Waals surface area (Å²) in [5.41, 5.74) is 5.10. The number of hydrogen-bond acceptors (Lipinski definition) is 3. The maximum atomic E-state index is 13.7. The molecule has 0 fully saturated rings. The Hall–Kier alpha value is -3.73. The number of nitro benzene ring substituents is 1. The molecule has 4 rings (SSSR count). The van der Waals surface area contributed by atoms with Crippen molar-refractivity contribution in [1.82, 2.24) is 4.90 Å². The van der Waals surface area contributed by atoms with Crippen LogP contribution in [0.2, 0.25) is 0 Å². The summed E-state index contributed by atoms with van der Waals surface area (Å²) in [5, 5.41) is 11.0. The van der Waals surface area contributed by atoms with Crippen molar-refractivity contribution in [2.45, 2.75) is 32.2 Å². The number of fused-ring (bicyclic) bond motifs is 1. The van der Waals surface area contributed by atoms with E-state index in [2.05, 4.69) is 18.2 Å². The number of aryl methyl sites for hydroxylation is 1. The number of rotatable bonds is 6. The molecule has 0 saturated carbocycles. The third kappa shape index (κ3) is 4.78. The zero-order chi connectivity index (χ0) is 22.5. The summed E-state index contributed by atoms with van der Waals surface area (Å²) in [6, 6.07) is 24.3. The fourth-order valence-corrected chi connectivity index (χ4v) is 4.42. The molecule has 1 amide bonds. The molecule has 5 heteroatoms. The predicted molar refractivity (Wildman–Crippen MR) is 126 cm³/mol. The smallest absolute Gasteiger partial charge is 0.269 e. The zero-order valence-corrected chi connectivity index (χ0v) is 18.1. The van der Waals surface area contributed by atoms with Crippen molar-refractivity contribution in [3.05, 3.63) is 117 Å². The summed E-state index contributed by atoms with van der Waals surface area (Å²) in [6.45, 7) is 2.53. The molecule has 32 heavy (non-hydrogen) atoms. The predicted octanol–water partition coefficient (Wildman–Crippen LogP) is 6.22. The number of non-ortho nitro benzene ring substituents is 1. The second-order valence-electron chi connectivity index (χ2n) is 8.25. The van der Waals surface area contributed by atoms with Gasteiger partial charge in [-0.15, -0.1) is 0 Å². The minimum Gasteiger partial charge on any atom is -0.328 e. The molecule has 1 atom stereocenters. The minimum absolute atomic E-state index is 0.0173. The van der Waals surface area contributed by atoms with Gasteiger partial charge in [-0.2, -0.15) is 0 Å². The topological polar surface area (TPSA) is 63.5 Å². The van der Waals surface area contributed by atoms with Gasteiger partial charge in [0.15, 0.2) is 0 Å². The molecule has 0 aliphatic heterocycles. The Morgan fingerprint density at radius 2 is 1.72 bits per heavy atom. The van der Waals surface area contributed by atoms with Gasteiger partial charge in [0, 0.05) is 24.2 Å². The second-order valence-corrected chi connectivity index (χ2v) is 8.25. The highest BCUT2D eigenvalue weighted by atomic mass is 16.6. The van der Waals surface area contributed by atoms with Crippen molar-refractivity contribution in [2.24, 2.45) is 0 Å². The molecule has 1 unspecified atom stereocenters. The normalized spacial score (nSPS) is 15.7. The monoisotopic (exact) mass is 426 g/mol. The van der Waals surface area contributed by atoms with Crippen LogP contribution in [0.15, 0.2) is 84.4 Å². The number of benzene rings is 3. The van der Waals surface area contributed by atoms with Crippen LogP contribution in [0, 0.1) is 10.1 Å². The van der Waals surface area contributed by atoms with E-state index >= 15 is 0 Å². The van der Waals surface area contributed by atoms with Crippen LogP contribution in [0.4, 0.5) is 5.69 Å². The fourth-order valence-electron chi connectivity index (χ4n) is 4.42. The number of nitro groups is 1. The molecule has 162 valence electrons. The van der Waals surface area contributed by atoms with Gasteiger partial charge in [-0.3, -0.25) is 14.9 Å². The van der Waals surface area contributed by atoms with Gasteiger partial charge in [0.2, 0.25) is 0 Å². The van der Waals surface area contributed by atoms with Gasteiger partial charge in [-0.25, -0.2) is 0 Å². The molecule has 0 heterocycles. The quantitative estimate of drug-likeness (QED) is 0.347. The van der Waals surface area contributed by atoms with E-state index < -0.39 is 4.92 Å².